The first kappa shape index (κ1) is 20.3. The van der Waals surface area contributed by atoms with E-state index in [2.05, 4.69) is 4.74 Å². The van der Waals surface area contributed by atoms with Crippen LogP contribution in [0, 0.1) is 0 Å². The van der Waals surface area contributed by atoms with Crippen molar-refractivity contribution in [1.29, 1.82) is 0 Å². The molecule has 0 spiro atoms. The lowest BCUT2D eigenvalue weighted by molar-refractivity contribution is -0.143. The first-order chi connectivity index (χ1) is 12.9. The van der Waals surface area contributed by atoms with Crippen molar-refractivity contribution in [2.75, 3.05) is 19.8 Å². The number of fused-ring (bicyclic) bond motifs is 1. The van der Waals surface area contributed by atoms with E-state index in [1.807, 2.05) is 25.2 Å². The summed E-state index contributed by atoms with van der Waals surface area (Å²) in [7, 11) is 0. The van der Waals surface area contributed by atoms with Crippen molar-refractivity contribution in [3.63, 3.8) is 0 Å². The van der Waals surface area contributed by atoms with Gasteiger partial charge in [-0.25, -0.2) is 9.59 Å². The lowest BCUT2D eigenvalue weighted by Gasteiger charge is -2.10. The zero-order valence-electron chi connectivity index (χ0n) is 15.6. The Labute approximate surface area is 157 Å². The smallest absolute Gasteiger partial charge is 0.413 e. The molecule has 0 radical (unpaired) electrons. The van der Waals surface area contributed by atoms with Crippen LogP contribution in [0.15, 0.2) is 18.2 Å². The molecule has 27 heavy (non-hydrogen) atoms. The number of benzene rings is 1. The highest BCUT2D eigenvalue weighted by molar-refractivity contribution is 5.94. The van der Waals surface area contributed by atoms with Crippen LogP contribution >= 0.6 is 0 Å². The zero-order valence-corrected chi connectivity index (χ0v) is 15.6. The van der Waals surface area contributed by atoms with Crippen molar-refractivity contribution in [2.24, 2.45) is 0 Å². The number of hydrogen-bond acceptors (Lipinski definition) is 7. The quantitative estimate of drug-likeness (QED) is 0.574. The minimum atomic E-state index is -0.886. The molecular formula is C19H23NO7. The Morgan fingerprint density at radius 1 is 1.22 bits per heavy atom. The predicted octanol–water partition coefficient (Wildman–Crippen LogP) is 2.24. The van der Waals surface area contributed by atoms with Crippen LogP contribution in [0.5, 0.6) is 11.5 Å². The molecule has 1 aromatic rings. The molecule has 0 saturated heterocycles. The molecular weight excluding hydrogens is 354 g/mol. The number of esters is 1. The van der Waals surface area contributed by atoms with E-state index in [4.69, 9.17) is 14.2 Å². The maximum Gasteiger partial charge on any atom is 0.413 e. The summed E-state index contributed by atoms with van der Waals surface area (Å²) in [4.78, 5) is 34.4. The van der Waals surface area contributed by atoms with Gasteiger partial charge < -0.3 is 18.9 Å². The number of hydrogen-bond donors (Lipinski definition) is 1. The highest BCUT2D eigenvalue weighted by atomic mass is 16.6. The number of rotatable bonds is 7. The maximum atomic E-state index is 11.8. The Morgan fingerprint density at radius 2 is 2.00 bits per heavy atom. The van der Waals surface area contributed by atoms with E-state index in [9.17, 15) is 14.4 Å². The number of imide groups is 1. The van der Waals surface area contributed by atoms with Gasteiger partial charge in [-0.1, -0.05) is 0 Å². The minimum absolute atomic E-state index is 0.0941. The van der Waals surface area contributed by atoms with E-state index in [0.717, 1.165) is 17.7 Å². The Balaban J connectivity index is 1.96. The standard InChI is InChI=1S/C19H23NO7/c1-4-24-15-10-14-8-12(3)27-16(14)9-13(15)6-7-18(22)26-11-17(21)20-19(23)25-5-2/h6-7,9-10,12H,4-5,8,11H2,1-3H3,(H,20,21,23)/b7-6+/t12-/m0/s1. The van der Waals surface area contributed by atoms with Gasteiger partial charge in [0.25, 0.3) is 5.91 Å². The molecule has 1 atom stereocenters. The van der Waals surface area contributed by atoms with Gasteiger partial charge in [0.1, 0.15) is 17.6 Å². The monoisotopic (exact) mass is 377 g/mol. The van der Waals surface area contributed by atoms with Crippen molar-refractivity contribution in [2.45, 2.75) is 33.3 Å². The molecule has 0 bridgehead atoms. The Kier molecular flexibility index (Phi) is 7.22. The average Bonchev–Trinajstić information content (AvgIpc) is 2.97. The minimum Gasteiger partial charge on any atom is -0.493 e. The molecule has 0 fully saturated rings. The van der Waals surface area contributed by atoms with Crippen LogP contribution < -0.4 is 14.8 Å². The second-order valence-electron chi connectivity index (χ2n) is 5.77. The largest absolute Gasteiger partial charge is 0.493 e. The van der Waals surface area contributed by atoms with Crippen LogP contribution in [-0.4, -0.2) is 43.9 Å². The van der Waals surface area contributed by atoms with Crippen molar-refractivity contribution in [3.05, 3.63) is 29.3 Å². The summed E-state index contributed by atoms with van der Waals surface area (Å²) in [5.41, 5.74) is 1.72. The average molecular weight is 377 g/mol. The predicted molar refractivity (Wildman–Crippen MR) is 96.6 cm³/mol. The maximum absolute atomic E-state index is 11.8. The molecule has 1 aliphatic rings. The number of amides is 2. The molecule has 0 unspecified atom stereocenters. The fourth-order valence-corrected chi connectivity index (χ4v) is 2.53. The Morgan fingerprint density at radius 3 is 2.70 bits per heavy atom. The van der Waals surface area contributed by atoms with Crippen LogP contribution in [0.3, 0.4) is 0 Å². The van der Waals surface area contributed by atoms with Gasteiger partial charge in [-0.3, -0.25) is 10.1 Å². The fraction of sp³-hybridized carbons (Fsp3) is 0.421. The summed E-state index contributed by atoms with van der Waals surface area (Å²) in [6.45, 7) is 5.48. The second kappa shape index (κ2) is 9.61. The lowest BCUT2D eigenvalue weighted by Crippen LogP contribution is -2.34. The molecule has 146 valence electrons. The van der Waals surface area contributed by atoms with Gasteiger partial charge in [-0.15, -0.1) is 0 Å². The number of nitrogens with one attached hydrogen (secondary N) is 1. The molecule has 0 saturated carbocycles. The summed E-state index contributed by atoms with van der Waals surface area (Å²) < 4.78 is 20.7. The van der Waals surface area contributed by atoms with E-state index in [1.54, 1.807) is 13.0 Å². The summed E-state index contributed by atoms with van der Waals surface area (Å²) >= 11 is 0. The molecule has 0 aromatic heterocycles. The lowest BCUT2D eigenvalue weighted by atomic mass is 10.1. The summed E-state index contributed by atoms with van der Waals surface area (Å²) in [5, 5.41) is 1.93. The third kappa shape index (κ3) is 6.02. The van der Waals surface area contributed by atoms with Crippen molar-refractivity contribution in [3.8, 4) is 11.5 Å². The first-order valence-electron chi connectivity index (χ1n) is 8.70. The molecule has 1 heterocycles. The van der Waals surface area contributed by atoms with Crippen LogP contribution in [0.25, 0.3) is 6.08 Å². The van der Waals surface area contributed by atoms with Crippen LogP contribution in [0.1, 0.15) is 31.9 Å². The second-order valence-corrected chi connectivity index (χ2v) is 5.77. The molecule has 1 N–H and O–H groups in total. The normalized spacial score (nSPS) is 15.0. The van der Waals surface area contributed by atoms with E-state index in [0.29, 0.717) is 17.9 Å². The summed E-state index contributed by atoms with van der Waals surface area (Å²) in [6.07, 6.45) is 2.72. The van der Waals surface area contributed by atoms with Crippen LogP contribution in [0.2, 0.25) is 0 Å². The van der Waals surface area contributed by atoms with E-state index < -0.39 is 24.6 Å². The van der Waals surface area contributed by atoms with Crippen molar-refractivity contribution in [1.82, 2.24) is 5.32 Å². The molecule has 8 heteroatoms. The third-order valence-corrected chi connectivity index (χ3v) is 3.59. The van der Waals surface area contributed by atoms with E-state index in [1.165, 1.54) is 12.2 Å². The highest BCUT2D eigenvalue weighted by Gasteiger charge is 2.21. The van der Waals surface area contributed by atoms with Crippen molar-refractivity contribution < 1.29 is 33.3 Å². The van der Waals surface area contributed by atoms with Gasteiger partial charge in [-0.05, 0) is 39.0 Å². The molecule has 2 amide bonds. The van der Waals surface area contributed by atoms with Gasteiger partial charge in [0, 0.05) is 23.6 Å². The molecule has 1 aliphatic heterocycles. The third-order valence-electron chi connectivity index (χ3n) is 3.59. The van der Waals surface area contributed by atoms with Gasteiger partial charge in [-0.2, -0.15) is 0 Å². The van der Waals surface area contributed by atoms with Crippen LogP contribution in [0.4, 0.5) is 4.79 Å². The number of carbonyl (C=O) groups is 3. The summed E-state index contributed by atoms with van der Waals surface area (Å²) in [5.74, 6) is -0.109. The number of ether oxygens (including phenoxy) is 4. The first-order valence-corrected chi connectivity index (χ1v) is 8.70. The molecule has 2 rings (SSSR count). The Hall–Kier alpha value is -3.03. The zero-order chi connectivity index (χ0) is 19.8. The van der Waals surface area contributed by atoms with Gasteiger partial charge in [0.05, 0.1) is 13.2 Å². The van der Waals surface area contributed by atoms with Crippen LogP contribution in [-0.2, 0) is 25.5 Å². The van der Waals surface area contributed by atoms with Gasteiger partial charge in [0.2, 0.25) is 0 Å². The summed E-state index contributed by atoms with van der Waals surface area (Å²) in [6, 6.07) is 3.71. The topological polar surface area (TPSA) is 100 Å². The molecule has 1 aromatic carbocycles. The number of carbonyl (C=O) groups excluding carboxylic acids is 3. The molecule has 0 aliphatic carbocycles. The van der Waals surface area contributed by atoms with E-state index in [-0.39, 0.29) is 12.7 Å². The van der Waals surface area contributed by atoms with Gasteiger partial charge >= 0.3 is 12.1 Å². The SMILES string of the molecule is CCOC(=O)NC(=O)COC(=O)/C=C/c1cc2c(cc1OCC)C[C@H](C)O2. The molecule has 8 nitrogen and oxygen atoms in total. The Bertz CT molecular complexity index is 742. The van der Waals surface area contributed by atoms with Crippen molar-refractivity contribution >= 4 is 24.0 Å². The fourth-order valence-electron chi connectivity index (χ4n) is 2.53. The van der Waals surface area contributed by atoms with Gasteiger partial charge in [0.15, 0.2) is 6.61 Å². The number of alkyl carbamates (subject to hydrolysis) is 1. The van der Waals surface area contributed by atoms with E-state index >= 15 is 0 Å². The highest BCUT2D eigenvalue weighted by Crippen LogP contribution is 2.35.